The SMILES string of the molecule is CCC(C)n1ccc(COc2ccc(Br)c(CCl)c2)n1. The Hall–Kier alpha value is -1.00. The molecule has 1 unspecified atom stereocenters. The van der Waals surface area contributed by atoms with E-state index in [1.807, 2.05) is 35.1 Å². The Morgan fingerprint density at radius 3 is 2.90 bits per heavy atom. The molecule has 2 rings (SSSR count). The van der Waals surface area contributed by atoms with Crippen LogP contribution in [0.3, 0.4) is 0 Å². The maximum absolute atomic E-state index is 5.87. The first kappa shape index (κ1) is 15.4. The summed E-state index contributed by atoms with van der Waals surface area (Å²) in [6, 6.07) is 8.23. The zero-order valence-electron chi connectivity index (χ0n) is 11.6. The second-order valence-corrected chi connectivity index (χ2v) is 5.84. The van der Waals surface area contributed by atoms with Crippen LogP contribution >= 0.6 is 27.5 Å². The van der Waals surface area contributed by atoms with E-state index in [2.05, 4.69) is 34.9 Å². The quantitative estimate of drug-likeness (QED) is 0.685. The number of hydrogen-bond donors (Lipinski definition) is 0. The van der Waals surface area contributed by atoms with Crippen LogP contribution in [0.5, 0.6) is 5.75 Å². The molecule has 0 bridgehead atoms. The second-order valence-electron chi connectivity index (χ2n) is 4.72. The second kappa shape index (κ2) is 7.14. The smallest absolute Gasteiger partial charge is 0.132 e. The van der Waals surface area contributed by atoms with Crippen molar-refractivity contribution in [1.82, 2.24) is 9.78 Å². The lowest BCUT2D eigenvalue weighted by Gasteiger charge is -2.09. The van der Waals surface area contributed by atoms with Crippen LogP contribution in [0, 0.1) is 0 Å². The number of hydrogen-bond acceptors (Lipinski definition) is 2. The van der Waals surface area contributed by atoms with E-state index in [1.165, 1.54) is 0 Å². The van der Waals surface area contributed by atoms with E-state index in [9.17, 15) is 0 Å². The third-order valence-corrected chi connectivity index (χ3v) is 4.32. The fourth-order valence-electron chi connectivity index (χ4n) is 1.79. The van der Waals surface area contributed by atoms with Crippen molar-refractivity contribution >= 4 is 27.5 Å². The fraction of sp³-hybridized carbons (Fsp3) is 0.400. The number of halogens is 2. The highest BCUT2D eigenvalue weighted by Gasteiger charge is 2.06. The summed E-state index contributed by atoms with van der Waals surface area (Å²) in [4.78, 5) is 0. The van der Waals surface area contributed by atoms with Crippen LogP contribution in [0.2, 0.25) is 0 Å². The van der Waals surface area contributed by atoms with Crippen molar-refractivity contribution in [3.8, 4) is 5.75 Å². The molecule has 0 aliphatic heterocycles. The standard InChI is InChI=1S/C15H18BrClN2O/c1-3-11(2)19-7-6-13(18-19)10-20-14-4-5-15(16)12(8-14)9-17/h4-8,11H,3,9-10H2,1-2H3. The van der Waals surface area contributed by atoms with Gasteiger partial charge in [0.05, 0.1) is 5.69 Å². The van der Waals surface area contributed by atoms with Crippen molar-refractivity contribution in [2.24, 2.45) is 0 Å². The van der Waals surface area contributed by atoms with Gasteiger partial charge >= 0.3 is 0 Å². The molecule has 0 saturated carbocycles. The molecule has 0 radical (unpaired) electrons. The summed E-state index contributed by atoms with van der Waals surface area (Å²) in [7, 11) is 0. The maximum atomic E-state index is 5.87. The average molecular weight is 358 g/mol. The summed E-state index contributed by atoms with van der Waals surface area (Å²) in [5.41, 5.74) is 1.95. The van der Waals surface area contributed by atoms with Gasteiger partial charge in [-0.3, -0.25) is 4.68 Å². The zero-order valence-corrected chi connectivity index (χ0v) is 14.0. The largest absolute Gasteiger partial charge is 0.487 e. The molecule has 2 aromatic rings. The minimum atomic E-state index is 0.416. The van der Waals surface area contributed by atoms with Gasteiger partial charge in [0.25, 0.3) is 0 Å². The van der Waals surface area contributed by atoms with Crippen molar-refractivity contribution in [2.75, 3.05) is 0 Å². The number of nitrogens with zero attached hydrogens (tertiary/aromatic N) is 2. The van der Waals surface area contributed by atoms with Crippen molar-refractivity contribution < 1.29 is 4.74 Å². The lowest BCUT2D eigenvalue weighted by molar-refractivity contribution is 0.298. The van der Waals surface area contributed by atoms with E-state index < -0.39 is 0 Å². The molecule has 1 heterocycles. The van der Waals surface area contributed by atoms with E-state index in [1.54, 1.807) is 0 Å². The molecule has 0 spiro atoms. The summed E-state index contributed by atoms with van der Waals surface area (Å²) < 4.78 is 8.74. The average Bonchev–Trinajstić information content (AvgIpc) is 2.94. The van der Waals surface area contributed by atoms with Gasteiger partial charge in [0.15, 0.2) is 0 Å². The molecule has 108 valence electrons. The normalized spacial score (nSPS) is 12.4. The minimum absolute atomic E-state index is 0.416. The van der Waals surface area contributed by atoms with Gasteiger partial charge in [0, 0.05) is 22.6 Å². The summed E-state index contributed by atoms with van der Waals surface area (Å²) >= 11 is 9.33. The van der Waals surface area contributed by atoms with Gasteiger partial charge < -0.3 is 4.74 Å². The van der Waals surface area contributed by atoms with Crippen molar-refractivity contribution in [2.45, 2.75) is 38.8 Å². The lowest BCUT2D eigenvalue weighted by Crippen LogP contribution is -2.05. The topological polar surface area (TPSA) is 27.1 Å². The summed E-state index contributed by atoms with van der Waals surface area (Å²) in [5.74, 6) is 1.27. The van der Waals surface area contributed by atoms with Crippen LogP contribution in [-0.2, 0) is 12.5 Å². The Morgan fingerprint density at radius 2 is 2.20 bits per heavy atom. The third-order valence-electron chi connectivity index (χ3n) is 3.25. The Balaban J connectivity index is 2.00. The van der Waals surface area contributed by atoms with Crippen molar-refractivity contribution in [3.05, 3.63) is 46.2 Å². The Kier molecular flexibility index (Phi) is 5.49. The molecule has 3 nitrogen and oxygen atoms in total. The van der Waals surface area contributed by atoms with Crippen molar-refractivity contribution in [3.63, 3.8) is 0 Å². The van der Waals surface area contributed by atoms with Crippen LogP contribution in [0.4, 0.5) is 0 Å². The Labute approximate surface area is 133 Å². The highest BCUT2D eigenvalue weighted by atomic mass is 79.9. The highest BCUT2D eigenvalue weighted by molar-refractivity contribution is 9.10. The van der Waals surface area contributed by atoms with Gasteiger partial charge in [-0.15, -0.1) is 11.6 Å². The maximum Gasteiger partial charge on any atom is 0.132 e. The van der Waals surface area contributed by atoms with E-state index in [-0.39, 0.29) is 0 Å². The molecular weight excluding hydrogens is 340 g/mol. The summed E-state index contributed by atoms with van der Waals surface area (Å²) in [6.45, 7) is 4.77. The molecule has 0 amide bonds. The van der Waals surface area contributed by atoms with E-state index >= 15 is 0 Å². The van der Waals surface area contributed by atoms with Gasteiger partial charge in [0.2, 0.25) is 0 Å². The van der Waals surface area contributed by atoms with Crippen molar-refractivity contribution in [1.29, 1.82) is 0 Å². The van der Waals surface area contributed by atoms with Gasteiger partial charge in [-0.1, -0.05) is 22.9 Å². The molecular formula is C15H18BrClN2O. The molecule has 0 fully saturated rings. The van der Waals surface area contributed by atoms with Crippen LogP contribution < -0.4 is 4.74 Å². The Morgan fingerprint density at radius 1 is 1.40 bits per heavy atom. The molecule has 1 aromatic heterocycles. The number of benzene rings is 1. The predicted octanol–water partition coefficient (Wildman–Crippen LogP) is 4.93. The Bertz CT molecular complexity index is 571. The van der Waals surface area contributed by atoms with Crippen LogP contribution in [0.1, 0.15) is 37.6 Å². The highest BCUT2D eigenvalue weighted by Crippen LogP contribution is 2.24. The molecule has 0 aliphatic carbocycles. The minimum Gasteiger partial charge on any atom is -0.487 e. The lowest BCUT2D eigenvalue weighted by atomic mass is 10.2. The van der Waals surface area contributed by atoms with E-state index in [0.29, 0.717) is 18.5 Å². The predicted molar refractivity (Wildman–Crippen MR) is 85.3 cm³/mol. The number of ether oxygens (including phenoxy) is 1. The monoisotopic (exact) mass is 356 g/mol. The van der Waals surface area contributed by atoms with Crippen LogP contribution in [0.15, 0.2) is 34.9 Å². The summed E-state index contributed by atoms with van der Waals surface area (Å²) in [5, 5.41) is 4.51. The van der Waals surface area contributed by atoms with Gasteiger partial charge in [-0.25, -0.2) is 0 Å². The molecule has 5 heteroatoms. The third kappa shape index (κ3) is 3.76. The number of rotatable bonds is 6. The molecule has 0 aliphatic rings. The molecule has 20 heavy (non-hydrogen) atoms. The van der Waals surface area contributed by atoms with E-state index in [0.717, 1.165) is 27.9 Å². The van der Waals surface area contributed by atoms with Crippen LogP contribution in [0.25, 0.3) is 0 Å². The zero-order chi connectivity index (χ0) is 14.5. The first-order valence-corrected chi connectivity index (χ1v) is 7.98. The first-order chi connectivity index (χ1) is 9.63. The van der Waals surface area contributed by atoms with Gasteiger partial charge in [0.1, 0.15) is 12.4 Å². The number of aromatic nitrogens is 2. The fourth-order valence-corrected chi connectivity index (χ4v) is 2.56. The first-order valence-electron chi connectivity index (χ1n) is 6.65. The van der Waals surface area contributed by atoms with Gasteiger partial charge in [-0.05, 0) is 43.2 Å². The molecule has 1 atom stereocenters. The molecule has 1 aromatic carbocycles. The van der Waals surface area contributed by atoms with E-state index in [4.69, 9.17) is 16.3 Å². The summed E-state index contributed by atoms with van der Waals surface area (Å²) in [6.07, 6.45) is 3.06. The molecule has 0 saturated heterocycles. The molecule has 0 N–H and O–H groups in total. The van der Waals surface area contributed by atoms with Crippen LogP contribution in [-0.4, -0.2) is 9.78 Å². The number of alkyl halides is 1. The van der Waals surface area contributed by atoms with Gasteiger partial charge in [-0.2, -0.15) is 5.10 Å².